The van der Waals surface area contributed by atoms with Gasteiger partial charge in [0.2, 0.25) is 5.91 Å². The van der Waals surface area contributed by atoms with Crippen molar-refractivity contribution >= 4 is 11.8 Å². The average Bonchev–Trinajstić information content (AvgIpc) is 3.29. The molecule has 0 unspecified atom stereocenters. The number of nitrogens with one attached hydrogen (secondary N) is 1. The van der Waals surface area contributed by atoms with Crippen LogP contribution in [-0.4, -0.2) is 33.0 Å². The molecule has 6 nitrogen and oxygen atoms in total. The van der Waals surface area contributed by atoms with Crippen LogP contribution in [0.1, 0.15) is 51.3 Å². The van der Waals surface area contributed by atoms with Gasteiger partial charge in [-0.15, -0.1) is 0 Å². The largest absolute Gasteiger partial charge is 0.348 e. The summed E-state index contributed by atoms with van der Waals surface area (Å²) in [5.41, 5.74) is 5.81. The molecule has 0 spiro atoms. The molecule has 1 saturated heterocycles. The highest BCUT2D eigenvalue weighted by molar-refractivity contribution is 5.94. The van der Waals surface area contributed by atoms with Gasteiger partial charge >= 0.3 is 0 Å². The SMILES string of the molecule is Cc1nn(Cc2ccccc2)c(C)c1CNC(=O)c1cccc(CN2CCCC2=O)c1. The first kappa shape index (κ1) is 20.8. The molecule has 6 heteroatoms. The van der Waals surface area contributed by atoms with Gasteiger partial charge in [0, 0.05) is 42.9 Å². The maximum Gasteiger partial charge on any atom is 0.251 e. The number of likely N-dealkylation sites (tertiary alicyclic amines) is 1. The van der Waals surface area contributed by atoms with Crippen molar-refractivity contribution in [3.05, 3.63) is 88.2 Å². The predicted molar refractivity (Wildman–Crippen MR) is 120 cm³/mol. The van der Waals surface area contributed by atoms with Crippen LogP contribution in [0.15, 0.2) is 54.6 Å². The average molecular weight is 417 g/mol. The van der Waals surface area contributed by atoms with Crippen molar-refractivity contribution in [3.8, 4) is 0 Å². The Balaban J connectivity index is 1.41. The van der Waals surface area contributed by atoms with Gasteiger partial charge in [0.1, 0.15) is 0 Å². The molecule has 4 rings (SSSR count). The zero-order valence-electron chi connectivity index (χ0n) is 18.1. The highest BCUT2D eigenvalue weighted by Gasteiger charge is 2.20. The van der Waals surface area contributed by atoms with Crippen LogP contribution >= 0.6 is 0 Å². The monoisotopic (exact) mass is 416 g/mol. The summed E-state index contributed by atoms with van der Waals surface area (Å²) in [6.07, 6.45) is 1.53. The molecular weight excluding hydrogens is 388 g/mol. The van der Waals surface area contributed by atoms with Crippen LogP contribution in [0.3, 0.4) is 0 Å². The Morgan fingerprint density at radius 1 is 1.03 bits per heavy atom. The Hall–Kier alpha value is -3.41. The first-order chi connectivity index (χ1) is 15.0. The van der Waals surface area contributed by atoms with Crippen molar-refractivity contribution in [1.82, 2.24) is 20.0 Å². The lowest BCUT2D eigenvalue weighted by atomic mass is 10.1. The first-order valence-corrected chi connectivity index (χ1v) is 10.7. The minimum absolute atomic E-state index is 0.121. The quantitative estimate of drug-likeness (QED) is 0.640. The number of nitrogens with zero attached hydrogens (tertiary/aromatic N) is 3. The summed E-state index contributed by atoms with van der Waals surface area (Å²) >= 11 is 0. The summed E-state index contributed by atoms with van der Waals surface area (Å²) in [5, 5.41) is 7.69. The summed E-state index contributed by atoms with van der Waals surface area (Å²) in [4.78, 5) is 26.5. The van der Waals surface area contributed by atoms with Gasteiger partial charge in [-0.25, -0.2) is 0 Å². The third-order valence-corrected chi connectivity index (χ3v) is 5.87. The first-order valence-electron chi connectivity index (χ1n) is 10.7. The number of carbonyl (C=O) groups excluding carboxylic acids is 2. The maximum absolute atomic E-state index is 12.8. The molecular formula is C25H28N4O2. The zero-order chi connectivity index (χ0) is 21.8. The smallest absolute Gasteiger partial charge is 0.251 e. The predicted octanol–water partition coefficient (Wildman–Crippen LogP) is 3.60. The van der Waals surface area contributed by atoms with Gasteiger partial charge in [-0.05, 0) is 43.5 Å². The van der Waals surface area contributed by atoms with Crippen LogP contribution in [-0.2, 0) is 24.4 Å². The van der Waals surface area contributed by atoms with Crippen molar-refractivity contribution in [1.29, 1.82) is 0 Å². The van der Waals surface area contributed by atoms with Gasteiger partial charge in [0.15, 0.2) is 0 Å². The molecule has 1 aromatic heterocycles. The van der Waals surface area contributed by atoms with Crippen LogP contribution in [0, 0.1) is 13.8 Å². The number of hydrogen-bond acceptors (Lipinski definition) is 3. The molecule has 0 aliphatic carbocycles. The molecule has 0 saturated carbocycles. The van der Waals surface area contributed by atoms with Gasteiger partial charge < -0.3 is 10.2 Å². The van der Waals surface area contributed by atoms with E-state index in [9.17, 15) is 9.59 Å². The lowest BCUT2D eigenvalue weighted by molar-refractivity contribution is -0.128. The fraction of sp³-hybridized carbons (Fsp3) is 0.320. The number of rotatable bonds is 7. The van der Waals surface area contributed by atoms with Crippen LogP contribution in [0.25, 0.3) is 0 Å². The second kappa shape index (κ2) is 9.16. The molecule has 160 valence electrons. The van der Waals surface area contributed by atoms with Gasteiger partial charge in [-0.1, -0.05) is 42.5 Å². The van der Waals surface area contributed by atoms with Gasteiger partial charge in [-0.3, -0.25) is 14.3 Å². The third-order valence-electron chi connectivity index (χ3n) is 5.87. The molecule has 0 atom stereocenters. The van der Waals surface area contributed by atoms with Crippen molar-refractivity contribution < 1.29 is 9.59 Å². The van der Waals surface area contributed by atoms with Crippen LogP contribution in [0.5, 0.6) is 0 Å². The van der Waals surface area contributed by atoms with Crippen LogP contribution < -0.4 is 5.32 Å². The standard InChI is InChI=1S/C25H28N4O2/c1-18-23(19(2)29(27-18)17-20-8-4-3-5-9-20)15-26-25(31)22-11-6-10-21(14-22)16-28-13-7-12-24(28)30/h3-6,8-11,14H,7,12-13,15-17H2,1-2H3,(H,26,31). The Morgan fingerprint density at radius 2 is 1.81 bits per heavy atom. The molecule has 31 heavy (non-hydrogen) atoms. The summed E-state index contributed by atoms with van der Waals surface area (Å²) < 4.78 is 1.99. The number of hydrogen-bond donors (Lipinski definition) is 1. The fourth-order valence-electron chi connectivity index (χ4n) is 4.07. The van der Waals surface area contributed by atoms with Gasteiger partial charge in [0.25, 0.3) is 5.91 Å². The second-order valence-corrected chi connectivity index (χ2v) is 8.09. The highest BCUT2D eigenvalue weighted by atomic mass is 16.2. The van der Waals surface area contributed by atoms with Crippen LogP contribution in [0.2, 0.25) is 0 Å². The van der Waals surface area contributed by atoms with E-state index in [1.807, 2.05) is 65.9 Å². The van der Waals surface area contributed by atoms with E-state index in [0.717, 1.165) is 35.5 Å². The molecule has 1 N–H and O–H groups in total. The number of amides is 2. The Kier molecular flexibility index (Phi) is 6.16. The second-order valence-electron chi connectivity index (χ2n) is 8.09. The molecule has 1 fully saturated rings. The summed E-state index contributed by atoms with van der Waals surface area (Å²) in [6.45, 7) is 6.51. The minimum Gasteiger partial charge on any atom is -0.348 e. The van der Waals surface area contributed by atoms with Crippen molar-refractivity contribution in [2.45, 2.75) is 46.3 Å². The van der Waals surface area contributed by atoms with Crippen molar-refractivity contribution in [2.24, 2.45) is 0 Å². The Labute approximate surface area is 182 Å². The van der Waals surface area contributed by atoms with Crippen molar-refractivity contribution in [2.75, 3.05) is 6.54 Å². The highest BCUT2D eigenvalue weighted by Crippen LogP contribution is 2.17. The molecule has 2 amide bonds. The van der Waals surface area contributed by atoms with Crippen LogP contribution in [0.4, 0.5) is 0 Å². The molecule has 1 aliphatic heterocycles. The Bertz CT molecular complexity index is 1090. The lowest BCUT2D eigenvalue weighted by Crippen LogP contribution is -2.25. The fourth-order valence-corrected chi connectivity index (χ4v) is 4.07. The van der Waals surface area contributed by atoms with E-state index in [-0.39, 0.29) is 11.8 Å². The molecule has 2 heterocycles. The lowest BCUT2D eigenvalue weighted by Gasteiger charge is -2.16. The van der Waals surface area contributed by atoms with E-state index in [0.29, 0.717) is 31.6 Å². The Morgan fingerprint density at radius 3 is 2.55 bits per heavy atom. The topological polar surface area (TPSA) is 67.2 Å². The van der Waals surface area contributed by atoms with Gasteiger partial charge in [0.05, 0.1) is 12.2 Å². The third kappa shape index (κ3) is 4.85. The van der Waals surface area contributed by atoms with E-state index in [2.05, 4.69) is 22.5 Å². The molecule has 0 radical (unpaired) electrons. The normalized spacial score (nSPS) is 13.6. The number of aromatic nitrogens is 2. The number of aryl methyl sites for hydroxylation is 1. The van der Waals surface area contributed by atoms with E-state index in [1.165, 1.54) is 5.56 Å². The number of benzene rings is 2. The molecule has 3 aromatic rings. The van der Waals surface area contributed by atoms with E-state index in [1.54, 1.807) is 0 Å². The number of carbonyl (C=O) groups is 2. The van der Waals surface area contributed by atoms with E-state index < -0.39 is 0 Å². The van der Waals surface area contributed by atoms with E-state index in [4.69, 9.17) is 0 Å². The summed E-state index contributed by atoms with van der Waals surface area (Å²) in [6, 6.07) is 17.7. The van der Waals surface area contributed by atoms with E-state index >= 15 is 0 Å². The maximum atomic E-state index is 12.8. The summed E-state index contributed by atoms with van der Waals surface area (Å²) in [7, 11) is 0. The van der Waals surface area contributed by atoms with Crippen molar-refractivity contribution in [3.63, 3.8) is 0 Å². The molecule has 1 aliphatic rings. The zero-order valence-corrected chi connectivity index (χ0v) is 18.1. The van der Waals surface area contributed by atoms with Gasteiger partial charge in [-0.2, -0.15) is 5.10 Å². The summed E-state index contributed by atoms with van der Waals surface area (Å²) in [5.74, 6) is 0.0672. The molecule has 2 aromatic carbocycles. The molecule has 0 bridgehead atoms. The minimum atomic E-state index is -0.121.